The maximum Gasteiger partial charge on any atom is 0.0210 e. The van der Waals surface area contributed by atoms with Crippen molar-refractivity contribution in [2.45, 2.75) is 65.0 Å². The lowest BCUT2D eigenvalue weighted by Gasteiger charge is -2.18. The molecule has 0 heterocycles. The molecule has 1 heteroatoms. The zero-order valence-corrected chi connectivity index (χ0v) is 12.1. The van der Waals surface area contributed by atoms with Gasteiger partial charge in [-0.05, 0) is 49.1 Å². The van der Waals surface area contributed by atoms with E-state index in [1.807, 2.05) is 0 Å². The molecule has 0 amide bonds. The van der Waals surface area contributed by atoms with E-state index < -0.39 is 0 Å². The molecule has 0 saturated heterocycles. The van der Waals surface area contributed by atoms with Crippen LogP contribution in [0.15, 0.2) is 24.3 Å². The van der Waals surface area contributed by atoms with Crippen molar-refractivity contribution in [3.8, 4) is 0 Å². The zero-order chi connectivity index (χ0) is 13.0. The summed E-state index contributed by atoms with van der Waals surface area (Å²) in [5, 5.41) is 3.69. The highest BCUT2D eigenvalue weighted by Gasteiger charge is 2.25. The van der Waals surface area contributed by atoms with E-state index in [1.165, 1.54) is 31.2 Å². The first-order valence-corrected chi connectivity index (χ1v) is 7.51. The third-order valence-corrected chi connectivity index (χ3v) is 4.17. The SMILES string of the molecule is CCC(C)CC(C)NCc1ccccc1C1CC1. The molecule has 1 N–H and O–H groups in total. The van der Waals surface area contributed by atoms with Crippen LogP contribution in [0.5, 0.6) is 0 Å². The van der Waals surface area contributed by atoms with Crippen LogP contribution in [0.2, 0.25) is 0 Å². The molecule has 0 radical (unpaired) electrons. The standard InChI is InChI=1S/C17H27N/c1-4-13(2)11-14(3)18-12-16-7-5-6-8-17(16)15-9-10-15/h5-8,13-15,18H,4,9-12H2,1-3H3. The molecular formula is C17H27N. The molecule has 0 bridgehead atoms. The lowest BCUT2D eigenvalue weighted by Crippen LogP contribution is -2.27. The van der Waals surface area contributed by atoms with Crippen LogP contribution in [0.25, 0.3) is 0 Å². The van der Waals surface area contributed by atoms with Gasteiger partial charge in [-0.3, -0.25) is 0 Å². The molecule has 1 aromatic rings. The highest BCUT2D eigenvalue weighted by molar-refractivity contribution is 5.33. The number of nitrogens with one attached hydrogen (secondary N) is 1. The van der Waals surface area contributed by atoms with Crippen molar-refractivity contribution in [3.05, 3.63) is 35.4 Å². The molecule has 2 unspecified atom stereocenters. The highest BCUT2D eigenvalue weighted by Crippen LogP contribution is 2.41. The van der Waals surface area contributed by atoms with Gasteiger partial charge >= 0.3 is 0 Å². The van der Waals surface area contributed by atoms with Crippen molar-refractivity contribution in [2.75, 3.05) is 0 Å². The quantitative estimate of drug-likeness (QED) is 0.747. The van der Waals surface area contributed by atoms with Crippen LogP contribution < -0.4 is 5.32 Å². The lowest BCUT2D eigenvalue weighted by molar-refractivity contribution is 0.411. The summed E-state index contributed by atoms with van der Waals surface area (Å²) in [5.74, 6) is 1.68. The second kappa shape index (κ2) is 6.38. The zero-order valence-electron chi connectivity index (χ0n) is 12.1. The van der Waals surface area contributed by atoms with E-state index in [1.54, 1.807) is 5.56 Å². The Bertz CT molecular complexity index is 368. The predicted molar refractivity (Wildman–Crippen MR) is 78.8 cm³/mol. The van der Waals surface area contributed by atoms with Gasteiger partial charge in [-0.1, -0.05) is 44.5 Å². The first-order valence-electron chi connectivity index (χ1n) is 7.51. The Hall–Kier alpha value is -0.820. The largest absolute Gasteiger partial charge is 0.310 e. The Balaban J connectivity index is 1.86. The van der Waals surface area contributed by atoms with Gasteiger partial charge < -0.3 is 5.32 Å². The molecule has 2 atom stereocenters. The third-order valence-electron chi connectivity index (χ3n) is 4.17. The van der Waals surface area contributed by atoms with Crippen LogP contribution in [0.1, 0.15) is 63.5 Å². The second-order valence-corrected chi connectivity index (χ2v) is 6.00. The summed E-state index contributed by atoms with van der Waals surface area (Å²) in [6.07, 6.45) is 5.34. The Labute approximate surface area is 112 Å². The molecule has 1 aliphatic carbocycles. The first kappa shape index (κ1) is 13.6. The summed E-state index contributed by atoms with van der Waals surface area (Å²) in [5.41, 5.74) is 3.09. The average molecular weight is 245 g/mol. The molecule has 1 aliphatic rings. The van der Waals surface area contributed by atoms with E-state index in [0.29, 0.717) is 6.04 Å². The van der Waals surface area contributed by atoms with Crippen molar-refractivity contribution in [3.63, 3.8) is 0 Å². The second-order valence-electron chi connectivity index (χ2n) is 6.00. The fraction of sp³-hybridized carbons (Fsp3) is 0.647. The Kier molecular flexibility index (Phi) is 4.82. The molecule has 100 valence electrons. The molecule has 0 aromatic heterocycles. The van der Waals surface area contributed by atoms with Gasteiger partial charge in [0.05, 0.1) is 0 Å². The first-order chi connectivity index (χ1) is 8.70. The van der Waals surface area contributed by atoms with E-state index in [-0.39, 0.29) is 0 Å². The van der Waals surface area contributed by atoms with Crippen LogP contribution in [0.4, 0.5) is 0 Å². The Morgan fingerprint density at radius 1 is 1.22 bits per heavy atom. The van der Waals surface area contributed by atoms with Crippen LogP contribution in [0.3, 0.4) is 0 Å². The van der Waals surface area contributed by atoms with Crippen LogP contribution >= 0.6 is 0 Å². The molecular weight excluding hydrogens is 218 g/mol. The van der Waals surface area contributed by atoms with E-state index in [9.17, 15) is 0 Å². The van der Waals surface area contributed by atoms with Crippen LogP contribution in [0, 0.1) is 5.92 Å². The smallest absolute Gasteiger partial charge is 0.0210 e. The van der Waals surface area contributed by atoms with Gasteiger partial charge in [-0.2, -0.15) is 0 Å². The van der Waals surface area contributed by atoms with Gasteiger partial charge in [0.1, 0.15) is 0 Å². The molecule has 0 aliphatic heterocycles. The van der Waals surface area contributed by atoms with E-state index >= 15 is 0 Å². The normalized spacial score (nSPS) is 18.6. The summed E-state index contributed by atoms with van der Waals surface area (Å²) < 4.78 is 0. The van der Waals surface area contributed by atoms with Crippen LogP contribution in [-0.2, 0) is 6.54 Å². The van der Waals surface area contributed by atoms with Gasteiger partial charge in [0.15, 0.2) is 0 Å². The molecule has 1 fully saturated rings. The maximum atomic E-state index is 3.69. The lowest BCUT2D eigenvalue weighted by atomic mass is 9.99. The average Bonchev–Trinajstić information content (AvgIpc) is 3.21. The molecule has 0 spiro atoms. The minimum Gasteiger partial charge on any atom is -0.310 e. The molecule has 1 aromatic carbocycles. The van der Waals surface area contributed by atoms with Gasteiger partial charge in [0, 0.05) is 12.6 Å². The van der Waals surface area contributed by atoms with Gasteiger partial charge in [0.2, 0.25) is 0 Å². The van der Waals surface area contributed by atoms with Gasteiger partial charge in [-0.25, -0.2) is 0 Å². The summed E-state index contributed by atoms with van der Waals surface area (Å²) in [7, 11) is 0. The van der Waals surface area contributed by atoms with Crippen LogP contribution in [-0.4, -0.2) is 6.04 Å². The molecule has 1 saturated carbocycles. The molecule has 2 rings (SSSR count). The summed E-state index contributed by atoms with van der Waals surface area (Å²) >= 11 is 0. The topological polar surface area (TPSA) is 12.0 Å². The minimum atomic E-state index is 0.618. The van der Waals surface area contributed by atoms with Gasteiger partial charge in [-0.15, -0.1) is 0 Å². The van der Waals surface area contributed by atoms with Crippen molar-refractivity contribution in [2.24, 2.45) is 5.92 Å². The maximum absolute atomic E-state index is 3.69. The third kappa shape index (κ3) is 3.84. The molecule has 1 nitrogen and oxygen atoms in total. The monoisotopic (exact) mass is 245 g/mol. The van der Waals surface area contributed by atoms with E-state index in [2.05, 4.69) is 50.4 Å². The summed E-state index contributed by atoms with van der Waals surface area (Å²) in [6, 6.07) is 9.57. The number of rotatable bonds is 7. The summed E-state index contributed by atoms with van der Waals surface area (Å²) in [6.45, 7) is 7.96. The van der Waals surface area contributed by atoms with Gasteiger partial charge in [0.25, 0.3) is 0 Å². The van der Waals surface area contributed by atoms with E-state index in [0.717, 1.165) is 18.4 Å². The Morgan fingerprint density at radius 2 is 1.94 bits per heavy atom. The van der Waals surface area contributed by atoms with Crippen molar-refractivity contribution < 1.29 is 0 Å². The number of hydrogen-bond donors (Lipinski definition) is 1. The minimum absolute atomic E-state index is 0.618. The molecule has 18 heavy (non-hydrogen) atoms. The number of hydrogen-bond acceptors (Lipinski definition) is 1. The fourth-order valence-electron chi connectivity index (χ4n) is 2.63. The highest BCUT2D eigenvalue weighted by atomic mass is 14.9. The van der Waals surface area contributed by atoms with E-state index in [4.69, 9.17) is 0 Å². The van der Waals surface area contributed by atoms with Crippen molar-refractivity contribution in [1.82, 2.24) is 5.32 Å². The van der Waals surface area contributed by atoms with Crippen molar-refractivity contribution in [1.29, 1.82) is 0 Å². The number of benzene rings is 1. The fourth-order valence-corrected chi connectivity index (χ4v) is 2.63. The summed E-state index contributed by atoms with van der Waals surface area (Å²) in [4.78, 5) is 0. The predicted octanol–water partition coefficient (Wildman–Crippen LogP) is 4.48. The Morgan fingerprint density at radius 3 is 2.61 bits per heavy atom. The van der Waals surface area contributed by atoms with Crippen molar-refractivity contribution >= 4 is 0 Å².